The number of benzene rings is 2. The predicted octanol–water partition coefficient (Wildman–Crippen LogP) is 5.54. The van der Waals surface area contributed by atoms with Crippen molar-refractivity contribution in [3.8, 4) is 28.1 Å². The normalized spacial score (nSPS) is 17.8. The minimum Gasteiger partial charge on any atom is -0.490 e. The highest BCUT2D eigenvalue weighted by atomic mass is 16.5. The zero-order valence-electron chi connectivity index (χ0n) is 22.0. The maximum Gasteiger partial charge on any atom is 0.252 e. The molecule has 4 heterocycles. The molecule has 0 bridgehead atoms. The summed E-state index contributed by atoms with van der Waals surface area (Å²) in [6.07, 6.45) is 12.6. The Morgan fingerprint density at radius 3 is 2.59 bits per heavy atom. The van der Waals surface area contributed by atoms with E-state index in [0.717, 1.165) is 88.6 Å². The van der Waals surface area contributed by atoms with E-state index in [9.17, 15) is 4.79 Å². The molecule has 3 aromatic heterocycles. The summed E-state index contributed by atoms with van der Waals surface area (Å²) in [5.74, 6) is 0.820. The second kappa shape index (κ2) is 9.85. The third kappa shape index (κ3) is 4.55. The third-order valence-electron chi connectivity index (χ3n) is 8.01. The first-order valence-corrected chi connectivity index (χ1v) is 13.9. The van der Waals surface area contributed by atoms with Gasteiger partial charge in [0.1, 0.15) is 5.75 Å². The Labute approximate surface area is 226 Å². The van der Waals surface area contributed by atoms with Crippen molar-refractivity contribution in [3.05, 3.63) is 66.6 Å². The molecule has 8 heteroatoms. The second-order valence-corrected chi connectivity index (χ2v) is 10.7. The number of rotatable bonds is 6. The molecule has 2 fully saturated rings. The molecule has 5 aromatic rings. The van der Waals surface area contributed by atoms with Crippen LogP contribution in [0.1, 0.15) is 48.9 Å². The maximum absolute atomic E-state index is 12.9. The molecule has 1 aliphatic heterocycles. The number of aryl methyl sites for hydroxylation is 1. The molecule has 7 rings (SSSR count). The molecule has 1 aliphatic carbocycles. The molecule has 1 atom stereocenters. The van der Waals surface area contributed by atoms with Gasteiger partial charge in [0, 0.05) is 46.2 Å². The zero-order chi connectivity index (χ0) is 26.3. The lowest BCUT2D eigenvalue weighted by molar-refractivity contribution is 0.0921. The third-order valence-corrected chi connectivity index (χ3v) is 8.01. The largest absolute Gasteiger partial charge is 0.490 e. The molecule has 1 amide bonds. The fourth-order valence-corrected chi connectivity index (χ4v) is 5.64. The van der Waals surface area contributed by atoms with Gasteiger partial charge in [0.15, 0.2) is 0 Å². The van der Waals surface area contributed by atoms with E-state index in [1.807, 2.05) is 49.9 Å². The van der Waals surface area contributed by atoms with Crippen LogP contribution in [0.3, 0.4) is 0 Å². The van der Waals surface area contributed by atoms with Crippen LogP contribution in [0.25, 0.3) is 44.2 Å². The van der Waals surface area contributed by atoms with E-state index in [1.165, 1.54) is 6.42 Å². The number of aromatic amines is 1. The first-order valence-electron chi connectivity index (χ1n) is 13.9. The standard InChI is InChI=1S/C31H32N6O2/c1-37-18-21(16-34-37)25-15-23-26(17-33-25)35-24-12-13-27(39-22-5-4-6-22)29(30(23)24)19-8-10-20(11-9-19)31(38)36-28-7-2-3-14-32-28/h8-13,15-18,22,28,32,35H,2-7,14H2,1H3,(H,36,38). The SMILES string of the molecule is Cn1cc(-c2cc3c(cn2)[nH]c2ccc(OC4CCC4)c(-c4ccc(C(=O)NC5CCCCN5)cc4)c23)cn1. The zero-order valence-corrected chi connectivity index (χ0v) is 22.0. The summed E-state index contributed by atoms with van der Waals surface area (Å²) < 4.78 is 8.31. The van der Waals surface area contributed by atoms with Crippen LogP contribution in [-0.4, -0.2) is 44.5 Å². The maximum atomic E-state index is 12.9. The number of piperidine rings is 1. The lowest BCUT2D eigenvalue weighted by Crippen LogP contribution is -2.47. The van der Waals surface area contributed by atoms with E-state index in [2.05, 4.69) is 38.9 Å². The fraction of sp³-hybridized carbons (Fsp3) is 0.323. The van der Waals surface area contributed by atoms with Gasteiger partial charge < -0.3 is 15.0 Å². The van der Waals surface area contributed by atoms with Gasteiger partial charge in [0.2, 0.25) is 0 Å². The summed E-state index contributed by atoms with van der Waals surface area (Å²) >= 11 is 0. The van der Waals surface area contributed by atoms with Crippen molar-refractivity contribution in [1.29, 1.82) is 0 Å². The van der Waals surface area contributed by atoms with E-state index in [4.69, 9.17) is 9.72 Å². The number of carbonyl (C=O) groups is 1. The summed E-state index contributed by atoms with van der Waals surface area (Å²) in [6.45, 7) is 0.945. The van der Waals surface area contributed by atoms with Gasteiger partial charge in [-0.1, -0.05) is 12.1 Å². The minimum atomic E-state index is -0.0515. The van der Waals surface area contributed by atoms with Gasteiger partial charge in [-0.05, 0) is 81.0 Å². The van der Waals surface area contributed by atoms with Gasteiger partial charge in [0.25, 0.3) is 5.91 Å². The topological polar surface area (TPSA) is 96.9 Å². The van der Waals surface area contributed by atoms with E-state index in [1.54, 1.807) is 4.68 Å². The number of aromatic nitrogens is 4. The molecule has 198 valence electrons. The number of pyridine rings is 1. The first-order chi connectivity index (χ1) is 19.1. The van der Waals surface area contributed by atoms with Crippen LogP contribution < -0.4 is 15.4 Å². The van der Waals surface area contributed by atoms with E-state index in [-0.39, 0.29) is 18.2 Å². The average molecular weight is 521 g/mol. The number of nitrogens with zero attached hydrogens (tertiary/aromatic N) is 3. The van der Waals surface area contributed by atoms with Gasteiger partial charge in [-0.2, -0.15) is 5.10 Å². The lowest BCUT2D eigenvalue weighted by atomic mass is 9.94. The van der Waals surface area contributed by atoms with Crippen molar-refractivity contribution in [3.63, 3.8) is 0 Å². The molecule has 8 nitrogen and oxygen atoms in total. The van der Waals surface area contributed by atoms with Crippen LogP contribution in [0.2, 0.25) is 0 Å². The summed E-state index contributed by atoms with van der Waals surface area (Å²) in [5.41, 5.74) is 6.54. The van der Waals surface area contributed by atoms with Gasteiger partial charge >= 0.3 is 0 Å². The number of nitrogens with one attached hydrogen (secondary N) is 3. The fourth-order valence-electron chi connectivity index (χ4n) is 5.64. The quantitative estimate of drug-likeness (QED) is 0.273. The molecule has 39 heavy (non-hydrogen) atoms. The van der Waals surface area contributed by atoms with Crippen molar-refractivity contribution in [2.45, 2.75) is 50.8 Å². The Hall–Kier alpha value is -4.17. The van der Waals surface area contributed by atoms with Crippen molar-refractivity contribution in [2.75, 3.05) is 6.54 Å². The molecular weight excluding hydrogens is 488 g/mol. The van der Waals surface area contributed by atoms with E-state index >= 15 is 0 Å². The minimum absolute atomic E-state index is 0.0380. The monoisotopic (exact) mass is 520 g/mol. The number of fused-ring (bicyclic) bond motifs is 3. The smallest absolute Gasteiger partial charge is 0.252 e. The number of hydrogen-bond acceptors (Lipinski definition) is 5. The second-order valence-electron chi connectivity index (χ2n) is 10.7. The van der Waals surface area contributed by atoms with Crippen LogP contribution in [0, 0.1) is 0 Å². The highest BCUT2D eigenvalue weighted by molar-refractivity contribution is 6.16. The van der Waals surface area contributed by atoms with E-state index < -0.39 is 0 Å². The Balaban J connectivity index is 1.31. The summed E-state index contributed by atoms with van der Waals surface area (Å²) in [6, 6.07) is 14.2. The number of hydrogen-bond donors (Lipinski definition) is 3. The van der Waals surface area contributed by atoms with Crippen molar-refractivity contribution < 1.29 is 9.53 Å². The summed E-state index contributed by atoms with van der Waals surface area (Å²) in [5, 5.41) is 13.0. The van der Waals surface area contributed by atoms with Crippen LogP contribution in [-0.2, 0) is 7.05 Å². The molecule has 3 N–H and O–H groups in total. The molecular formula is C31H32N6O2. The molecule has 1 saturated carbocycles. The number of H-pyrrole nitrogens is 1. The van der Waals surface area contributed by atoms with Crippen molar-refractivity contribution in [1.82, 2.24) is 30.4 Å². The van der Waals surface area contributed by atoms with Crippen LogP contribution in [0.15, 0.2) is 61.1 Å². The molecule has 2 aromatic carbocycles. The highest BCUT2D eigenvalue weighted by Gasteiger charge is 2.24. The van der Waals surface area contributed by atoms with Gasteiger partial charge in [-0.3, -0.25) is 19.8 Å². The molecule has 1 unspecified atom stereocenters. The Morgan fingerprint density at radius 1 is 1.00 bits per heavy atom. The predicted molar refractivity (Wildman–Crippen MR) is 153 cm³/mol. The summed E-state index contributed by atoms with van der Waals surface area (Å²) in [4.78, 5) is 21.2. The molecule has 0 radical (unpaired) electrons. The molecule has 0 spiro atoms. The van der Waals surface area contributed by atoms with Gasteiger partial charge in [-0.25, -0.2) is 0 Å². The Morgan fingerprint density at radius 2 is 1.87 bits per heavy atom. The van der Waals surface area contributed by atoms with Crippen molar-refractivity contribution in [2.24, 2.45) is 7.05 Å². The van der Waals surface area contributed by atoms with Crippen molar-refractivity contribution >= 4 is 27.7 Å². The highest BCUT2D eigenvalue weighted by Crippen LogP contribution is 2.43. The van der Waals surface area contributed by atoms with Crippen LogP contribution >= 0.6 is 0 Å². The van der Waals surface area contributed by atoms with Gasteiger partial charge in [-0.15, -0.1) is 0 Å². The number of ether oxygens (including phenoxy) is 1. The Kier molecular flexibility index (Phi) is 6.04. The Bertz CT molecular complexity index is 1660. The number of amides is 1. The van der Waals surface area contributed by atoms with Gasteiger partial charge in [0.05, 0.1) is 35.9 Å². The van der Waals surface area contributed by atoms with Crippen LogP contribution in [0.5, 0.6) is 5.75 Å². The van der Waals surface area contributed by atoms with E-state index in [0.29, 0.717) is 5.56 Å². The molecule has 1 saturated heterocycles. The number of carbonyl (C=O) groups excluding carboxylic acids is 1. The molecule has 2 aliphatic rings. The first kappa shape index (κ1) is 23.9. The average Bonchev–Trinajstić information content (AvgIpc) is 3.54. The lowest BCUT2D eigenvalue weighted by Gasteiger charge is -2.28. The summed E-state index contributed by atoms with van der Waals surface area (Å²) in [7, 11) is 1.91. The van der Waals surface area contributed by atoms with Crippen LogP contribution in [0.4, 0.5) is 0 Å².